The van der Waals surface area contributed by atoms with Gasteiger partial charge in [0.05, 0.1) is 6.21 Å². The van der Waals surface area contributed by atoms with Gasteiger partial charge in [0.1, 0.15) is 0 Å². The third kappa shape index (κ3) is 6.40. The first-order valence-electron chi connectivity index (χ1n) is 6.30. The Bertz CT molecular complexity index is 387. The number of hydrazone groups is 1. The summed E-state index contributed by atoms with van der Waals surface area (Å²) in [6, 6.07) is 7.27. The van der Waals surface area contributed by atoms with E-state index in [9.17, 15) is 4.79 Å². The van der Waals surface area contributed by atoms with Crippen molar-refractivity contribution in [1.82, 2.24) is 5.43 Å². The van der Waals surface area contributed by atoms with Crippen LogP contribution in [0, 0.1) is 0 Å². The molecular weight excluding hydrogens is 248 g/mol. The van der Waals surface area contributed by atoms with Crippen LogP contribution < -0.4 is 5.43 Å². The van der Waals surface area contributed by atoms with Crippen molar-refractivity contribution < 1.29 is 4.79 Å². The van der Waals surface area contributed by atoms with Gasteiger partial charge < -0.3 is 0 Å². The molecule has 1 N–H and O–H groups in total. The Hall–Kier alpha value is -1.35. The van der Waals surface area contributed by atoms with Crippen molar-refractivity contribution in [3.05, 3.63) is 34.9 Å². The largest absolute Gasteiger partial charge is 0.273 e. The highest BCUT2D eigenvalue weighted by atomic mass is 35.5. The number of carbonyl (C=O) groups excluding carboxylic acids is 1. The number of benzene rings is 1. The van der Waals surface area contributed by atoms with Crippen LogP contribution in [-0.2, 0) is 4.79 Å². The molecule has 3 nitrogen and oxygen atoms in total. The minimum atomic E-state index is -0.0312. The first-order valence-corrected chi connectivity index (χ1v) is 6.67. The van der Waals surface area contributed by atoms with Crippen LogP contribution in [0.4, 0.5) is 0 Å². The van der Waals surface area contributed by atoms with Gasteiger partial charge in [-0.3, -0.25) is 4.79 Å². The molecule has 0 saturated carbocycles. The highest BCUT2D eigenvalue weighted by Crippen LogP contribution is 2.07. The lowest BCUT2D eigenvalue weighted by atomic mass is 10.1. The number of hydrogen-bond donors (Lipinski definition) is 1. The van der Waals surface area contributed by atoms with Crippen LogP contribution in [-0.4, -0.2) is 12.1 Å². The molecule has 0 aromatic heterocycles. The maximum absolute atomic E-state index is 11.4. The van der Waals surface area contributed by atoms with Crippen LogP contribution in [0.15, 0.2) is 29.4 Å². The van der Waals surface area contributed by atoms with Gasteiger partial charge in [0.25, 0.3) is 0 Å². The zero-order chi connectivity index (χ0) is 13.2. The molecule has 0 aliphatic rings. The molecule has 1 amide bonds. The molecule has 1 rings (SSSR count). The summed E-state index contributed by atoms with van der Waals surface area (Å²) in [6.45, 7) is 2.15. The molecular formula is C14H19ClN2O. The Morgan fingerprint density at radius 1 is 1.28 bits per heavy atom. The second kappa shape index (κ2) is 8.70. The SMILES string of the molecule is CCCCCCC(=O)N/N=C/c1ccc(Cl)cc1. The van der Waals surface area contributed by atoms with E-state index < -0.39 is 0 Å². The molecule has 0 spiro atoms. The highest BCUT2D eigenvalue weighted by molar-refractivity contribution is 6.30. The van der Waals surface area contributed by atoms with Gasteiger partial charge in [-0.1, -0.05) is 49.9 Å². The van der Waals surface area contributed by atoms with Crippen molar-refractivity contribution in [3.63, 3.8) is 0 Å². The third-order valence-electron chi connectivity index (χ3n) is 2.53. The van der Waals surface area contributed by atoms with E-state index in [2.05, 4.69) is 17.5 Å². The minimum Gasteiger partial charge on any atom is -0.273 e. The van der Waals surface area contributed by atoms with Gasteiger partial charge in [-0.25, -0.2) is 5.43 Å². The highest BCUT2D eigenvalue weighted by Gasteiger charge is 1.98. The molecule has 1 aromatic rings. The van der Waals surface area contributed by atoms with Crippen LogP contribution >= 0.6 is 11.6 Å². The topological polar surface area (TPSA) is 41.5 Å². The Morgan fingerprint density at radius 2 is 2.00 bits per heavy atom. The summed E-state index contributed by atoms with van der Waals surface area (Å²) < 4.78 is 0. The average Bonchev–Trinajstić information content (AvgIpc) is 2.37. The van der Waals surface area contributed by atoms with Crippen molar-refractivity contribution in [2.45, 2.75) is 39.0 Å². The van der Waals surface area contributed by atoms with Crippen molar-refractivity contribution in [2.75, 3.05) is 0 Å². The van der Waals surface area contributed by atoms with Crippen LogP contribution in [0.25, 0.3) is 0 Å². The van der Waals surface area contributed by atoms with Crippen molar-refractivity contribution >= 4 is 23.7 Å². The van der Waals surface area contributed by atoms with E-state index in [1.165, 1.54) is 12.8 Å². The third-order valence-corrected chi connectivity index (χ3v) is 2.78. The molecule has 0 radical (unpaired) electrons. The zero-order valence-electron chi connectivity index (χ0n) is 10.7. The molecule has 0 aliphatic carbocycles. The lowest BCUT2D eigenvalue weighted by Crippen LogP contribution is -2.16. The molecule has 98 valence electrons. The molecule has 0 unspecified atom stereocenters. The fourth-order valence-electron chi connectivity index (χ4n) is 1.50. The molecule has 18 heavy (non-hydrogen) atoms. The van der Waals surface area contributed by atoms with Crippen LogP contribution in [0.5, 0.6) is 0 Å². The fraction of sp³-hybridized carbons (Fsp3) is 0.429. The van der Waals surface area contributed by atoms with E-state index in [0.29, 0.717) is 11.4 Å². The summed E-state index contributed by atoms with van der Waals surface area (Å²) in [7, 11) is 0. The van der Waals surface area contributed by atoms with Crippen LogP contribution in [0.1, 0.15) is 44.6 Å². The van der Waals surface area contributed by atoms with E-state index in [0.717, 1.165) is 18.4 Å². The number of unbranched alkanes of at least 4 members (excludes halogenated alkanes) is 3. The second-order valence-corrected chi connectivity index (χ2v) is 4.59. The number of hydrogen-bond acceptors (Lipinski definition) is 2. The molecule has 0 saturated heterocycles. The summed E-state index contributed by atoms with van der Waals surface area (Å²) in [4.78, 5) is 11.4. The maximum Gasteiger partial charge on any atom is 0.240 e. The standard InChI is InChI=1S/C14H19ClN2O/c1-2-3-4-5-6-14(18)17-16-11-12-7-9-13(15)10-8-12/h7-11H,2-6H2,1H3,(H,17,18)/b16-11+. The average molecular weight is 267 g/mol. The number of carbonyl (C=O) groups is 1. The number of amides is 1. The predicted molar refractivity (Wildman–Crippen MR) is 75.9 cm³/mol. The smallest absolute Gasteiger partial charge is 0.240 e. The van der Waals surface area contributed by atoms with Gasteiger partial charge in [0.2, 0.25) is 5.91 Å². The molecule has 0 fully saturated rings. The van der Waals surface area contributed by atoms with Crippen molar-refractivity contribution in [1.29, 1.82) is 0 Å². The number of rotatable bonds is 7. The van der Waals surface area contributed by atoms with Crippen LogP contribution in [0.2, 0.25) is 5.02 Å². The van der Waals surface area contributed by atoms with Gasteiger partial charge in [-0.05, 0) is 24.1 Å². The van der Waals surface area contributed by atoms with E-state index in [-0.39, 0.29) is 5.91 Å². The van der Waals surface area contributed by atoms with E-state index in [1.807, 2.05) is 12.1 Å². The lowest BCUT2D eigenvalue weighted by Gasteiger charge is -1.99. The first kappa shape index (κ1) is 14.7. The summed E-state index contributed by atoms with van der Waals surface area (Å²) in [5.41, 5.74) is 3.43. The van der Waals surface area contributed by atoms with Crippen molar-refractivity contribution in [2.24, 2.45) is 5.10 Å². The summed E-state index contributed by atoms with van der Waals surface area (Å²) in [5, 5.41) is 4.59. The molecule has 0 aliphatic heterocycles. The first-order chi connectivity index (χ1) is 8.72. The van der Waals surface area contributed by atoms with Gasteiger partial charge in [0.15, 0.2) is 0 Å². The van der Waals surface area contributed by atoms with Crippen molar-refractivity contribution in [3.8, 4) is 0 Å². The second-order valence-electron chi connectivity index (χ2n) is 4.16. The number of nitrogens with one attached hydrogen (secondary N) is 1. The fourth-order valence-corrected chi connectivity index (χ4v) is 1.62. The van der Waals surface area contributed by atoms with Gasteiger partial charge in [0, 0.05) is 11.4 Å². The molecule has 1 aromatic carbocycles. The van der Waals surface area contributed by atoms with Gasteiger partial charge in [-0.15, -0.1) is 0 Å². The number of nitrogens with zero attached hydrogens (tertiary/aromatic N) is 1. The molecule has 0 bridgehead atoms. The van der Waals surface area contributed by atoms with Gasteiger partial charge in [-0.2, -0.15) is 5.10 Å². The van der Waals surface area contributed by atoms with E-state index in [1.54, 1.807) is 18.3 Å². The quantitative estimate of drug-likeness (QED) is 0.456. The Balaban J connectivity index is 2.23. The summed E-state index contributed by atoms with van der Waals surface area (Å²) in [6.07, 6.45) is 6.54. The lowest BCUT2D eigenvalue weighted by molar-refractivity contribution is -0.121. The predicted octanol–water partition coefficient (Wildman–Crippen LogP) is 3.76. The maximum atomic E-state index is 11.4. The van der Waals surface area contributed by atoms with E-state index in [4.69, 9.17) is 11.6 Å². The summed E-state index contributed by atoms with van der Waals surface area (Å²) in [5.74, 6) is -0.0312. The van der Waals surface area contributed by atoms with E-state index >= 15 is 0 Å². The van der Waals surface area contributed by atoms with Gasteiger partial charge >= 0.3 is 0 Å². The number of halogens is 1. The molecule has 0 heterocycles. The molecule has 0 atom stereocenters. The Morgan fingerprint density at radius 3 is 2.67 bits per heavy atom. The summed E-state index contributed by atoms with van der Waals surface area (Å²) >= 11 is 5.76. The monoisotopic (exact) mass is 266 g/mol. The Labute approximate surface area is 113 Å². The molecule has 4 heteroatoms. The minimum absolute atomic E-state index is 0.0312. The zero-order valence-corrected chi connectivity index (χ0v) is 11.4. The Kier molecular flexibility index (Phi) is 7.11. The normalized spacial score (nSPS) is 10.8. The van der Waals surface area contributed by atoms with Crippen LogP contribution in [0.3, 0.4) is 0 Å².